The predicted molar refractivity (Wildman–Crippen MR) is 144 cm³/mol. The first-order valence-electron chi connectivity index (χ1n) is 11.9. The molecule has 5 heteroatoms. The summed E-state index contributed by atoms with van der Waals surface area (Å²) in [4.78, 5) is 15.1. The van der Waals surface area contributed by atoms with Gasteiger partial charge in [0.1, 0.15) is 5.82 Å². The molecule has 36 heavy (non-hydrogen) atoms. The van der Waals surface area contributed by atoms with Gasteiger partial charge in [0.25, 0.3) is 5.91 Å². The van der Waals surface area contributed by atoms with Crippen LogP contribution in [0.5, 0.6) is 0 Å². The van der Waals surface area contributed by atoms with Gasteiger partial charge in [-0.2, -0.15) is 0 Å². The molecule has 0 aliphatic rings. The molecule has 4 nitrogen and oxygen atoms in total. The molecule has 0 fully saturated rings. The van der Waals surface area contributed by atoms with E-state index in [-0.39, 0.29) is 11.7 Å². The number of carbonyl (C=O) groups is 1. The summed E-state index contributed by atoms with van der Waals surface area (Å²) in [5.74, 6) is -0.551. The Hall–Kier alpha value is -4.22. The van der Waals surface area contributed by atoms with Gasteiger partial charge in [-0.25, -0.2) is 4.39 Å². The molecule has 0 saturated carbocycles. The van der Waals surface area contributed by atoms with E-state index < -0.39 is 0 Å². The van der Waals surface area contributed by atoms with Gasteiger partial charge in [-0.1, -0.05) is 54.6 Å². The number of halogens is 1. The Morgan fingerprint density at radius 3 is 2.28 bits per heavy atom. The van der Waals surface area contributed by atoms with Gasteiger partial charge < -0.3 is 9.88 Å². The van der Waals surface area contributed by atoms with Crippen LogP contribution in [0, 0.1) is 5.82 Å². The number of aryl methyl sites for hydroxylation is 1. The number of nitrogens with one attached hydrogen (secondary N) is 1. The maximum atomic E-state index is 13.2. The summed E-state index contributed by atoms with van der Waals surface area (Å²) < 4.78 is 15.3. The summed E-state index contributed by atoms with van der Waals surface area (Å²) in [6.45, 7) is 1.57. The van der Waals surface area contributed by atoms with Gasteiger partial charge in [0.05, 0.1) is 0 Å². The predicted octanol–water partition coefficient (Wildman–Crippen LogP) is 6.87. The first-order valence-corrected chi connectivity index (χ1v) is 11.9. The summed E-state index contributed by atoms with van der Waals surface area (Å²) in [6, 6.07) is 30.6. The van der Waals surface area contributed by atoms with E-state index in [1.165, 1.54) is 28.8 Å². The summed E-state index contributed by atoms with van der Waals surface area (Å²) >= 11 is 0. The average molecular weight is 478 g/mol. The maximum absolute atomic E-state index is 13.2. The monoisotopic (exact) mass is 477 g/mol. The Balaban J connectivity index is 1.30. The zero-order valence-corrected chi connectivity index (χ0v) is 20.4. The van der Waals surface area contributed by atoms with E-state index in [2.05, 4.69) is 76.6 Å². The van der Waals surface area contributed by atoms with Crippen LogP contribution in [0.3, 0.4) is 0 Å². The Morgan fingerprint density at radius 2 is 1.56 bits per heavy atom. The molecule has 4 aromatic carbocycles. The summed E-state index contributed by atoms with van der Waals surface area (Å²) in [7, 11) is 4.13. The third kappa shape index (κ3) is 5.21. The van der Waals surface area contributed by atoms with Gasteiger partial charge in [0.2, 0.25) is 0 Å². The van der Waals surface area contributed by atoms with Crippen molar-refractivity contribution in [1.29, 1.82) is 0 Å². The van der Waals surface area contributed by atoms with Crippen molar-refractivity contribution in [2.75, 3.05) is 12.4 Å². The highest BCUT2D eigenvalue weighted by Crippen LogP contribution is 2.25. The lowest BCUT2D eigenvalue weighted by Crippen LogP contribution is -2.17. The lowest BCUT2D eigenvalue weighted by atomic mass is 10.0. The standard InChI is InChI=1S/C31H28FN3O/c1-34(19-22-8-10-24(11-9-22)23-6-4-3-5-7-23)20-26-21-35(2)30-17-12-25(18-29(26)30)31(36)33-28-15-13-27(32)14-16-28/h3-18,21H,19-20H2,1-2H3,(H,33,36). The van der Waals surface area contributed by atoms with E-state index in [0.717, 1.165) is 29.6 Å². The number of carbonyl (C=O) groups excluding carboxylic acids is 1. The van der Waals surface area contributed by atoms with Gasteiger partial charge in [-0.3, -0.25) is 9.69 Å². The number of fused-ring (bicyclic) bond motifs is 1. The van der Waals surface area contributed by atoms with Crippen LogP contribution < -0.4 is 5.32 Å². The smallest absolute Gasteiger partial charge is 0.255 e. The first kappa shape index (κ1) is 23.5. The minimum Gasteiger partial charge on any atom is -0.350 e. The number of benzene rings is 4. The SMILES string of the molecule is CN(Cc1ccc(-c2ccccc2)cc1)Cc1cn(C)c2ccc(C(=O)Nc3ccc(F)cc3)cc12. The second-order valence-electron chi connectivity index (χ2n) is 9.19. The molecular formula is C31H28FN3O. The number of hydrogen-bond donors (Lipinski definition) is 1. The quantitative estimate of drug-likeness (QED) is 0.278. The maximum Gasteiger partial charge on any atom is 0.255 e. The third-order valence-corrected chi connectivity index (χ3v) is 6.39. The zero-order valence-electron chi connectivity index (χ0n) is 20.4. The highest BCUT2D eigenvalue weighted by Gasteiger charge is 2.13. The molecule has 5 aromatic rings. The molecule has 0 radical (unpaired) electrons. The molecule has 1 amide bonds. The van der Waals surface area contributed by atoms with Gasteiger partial charge >= 0.3 is 0 Å². The van der Waals surface area contributed by atoms with Crippen molar-refractivity contribution in [3.05, 3.63) is 126 Å². The van der Waals surface area contributed by atoms with Crippen molar-refractivity contribution in [2.24, 2.45) is 7.05 Å². The molecule has 5 rings (SSSR count). The summed E-state index contributed by atoms with van der Waals surface area (Å²) in [5.41, 5.74) is 7.04. The zero-order chi connectivity index (χ0) is 25.1. The summed E-state index contributed by atoms with van der Waals surface area (Å²) in [5, 5.41) is 3.89. The van der Waals surface area contributed by atoms with Crippen molar-refractivity contribution >= 4 is 22.5 Å². The number of nitrogens with zero attached hydrogens (tertiary/aromatic N) is 2. The van der Waals surface area contributed by atoms with Gasteiger partial charge in [-0.05, 0) is 71.8 Å². The van der Waals surface area contributed by atoms with Crippen LogP contribution in [0.4, 0.5) is 10.1 Å². The molecule has 0 aliphatic carbocycles. The number of rotatable bonds is 7. The molecule has 0 aliphatic heterocycles. The second-order valence-corrected chi connectivity index (χ2v) is 9.19. The molecule has 0 spiro atoms. The highest BCUT2D eigenvalue weighted by atomic mass is 19.1. The minimum atomic E-state index is -0.334. The number of aromatic nitrogens is 1. The van der Waals surface area contributed by atoms with Crippen LogP contribution in [0.15, 0.2) is 103 Å². The molecule has 1 N–H and O–H groups in total. The van der Waals surface area contributed by atoms with Crippen molar-refractivity contribution in [3.8, 4) is 11.1 Å². The second kappa shape index (κ2) is 10.2. The molecule has 0 bridgehead atoms. The molecule has 1 aromatic heterocycles. The van der Waals surface area contributed by atoms with Crippen LogP contribution in [-0.2, 0) is 20.1 Å². The van der Waals surface area contributed by atoms with E-state index in [1.54, 1.807) is 12.1 Å². The van der Waals surface area contributed by atoms with Crippen molar-refractivity contribution < 1.29 is 9.18 Å². The molecule has 0 atom stereocenters. The fourth-order valence-corrected chi connectivity index (χ4v) is 4.57. The van der Waals surface area contributed by atoms with Crippen LogP contribution in [0.2, 0.25) is 0 Å². The van der Waals surface area contributed by atoms with E-state index in [1.807, 2.05) is 31.3 Å². The van der Waals surface area contributed by atoms with Gasteiger partial charge in [0, 0.05) is 48.5 Å². The van der Waals surface area contributed by atoms with E-state index in [0.29, 0.717) is 11.3 Å². The third-order valence-electron chi connectivity index (χ3n) is 6.39. The lowest BCUT2D eigenvalue weighted by molar-refractivity contribution is 0.102. The Bertz CT molecular complexity index is 1490. The molecule has 180 valence electrons. The number of hydrogen-bond acceptors (Lipinski definition) is 2. The van der Waals surface area contributed by atoms with Crippen molar-refractivity contribution in [2.45, 2.75) is 13.1 Å². The van der Waals surface area contributed by atoms with Gasteiger partial charge in [-0.15, -0.1) is 0 Å². The fraction of sp³-hybridized carbons (Fsp3) is 0.129. The van der Waals surface area contributed by atoms with E-state index in [9.17, 15) is 9.18 Å². The fourth-order valence-electron chi connectivity index (χ4n) is 4.57. The molecule has 0 saturated heterocycles. The minimum absolute atomic E-state index is 0.217. The summed E-state index contributed by atoms with van der Waals surface area (Å²) in [6.07, 6.45) is 2.13. The van der Waals surface area contributed by atoms with Crippen LogP contribution in [-0.4, -0.2) is 22.4 Å². The molecule has 1 heterocycles. The van der Waals surface area contributed by atoms with E-state index >= 15 is 0 Å². The lowest BCUT2D eigenvalue weighted by Gasteiger charge is -2.17. The van der Waals surface area contributed by atoms with E-state index in [4.69, 9.17) is 0 Å². The molecular weight excluding hydrogens is 449 g/mol. The number of anilines is 1. The Morgan fingerprint density at radius 1 is 0.861 bits per heavy atom. The Labute approximate surface area is 210 Å². The van der Waals surface area contributed by atoms with Crippen LogP contribution in [0.1, 0.15) is 21.5 Å². The molecule has 0 unspecified atom stereocenters. The first-order chi connectivity index (χ1) is 17.5. The average Bonchev–Trinajstić information content (AvgIpc) is 3.20. The normalized spacial score (nSPS) is 11.2. The van der Waals surface area contributed by atoms with Crippen LogP contribution >= 0.6 is 0 Å². The van der Waals surface area contributed by atoms with Crippen LogP contribution in [0.25, 0.3) is 22.0 Å². The van der Waals surface area contributed by atoms with Crippen molar-refractivity contribution in [1.82, 2.24) is 9.47 Å². The largest absolute Gasteiger partial charge is 0.350 e. The highest BCUT2D eigenvalue weighted by molar-refractivity contribution is 6.06. The van der Waals surface area contributed by atoms with Crippen molar-refractivity contribution in [3.63, 3.8) is 0 Å². The Kier molecular flexibility index (Phi) is 6.65. The topological polar surface area (TPSA) is 37.3 Å². The number of amides is 1. The van der Waals surface area contributed by atoms with Gasteiger partial charge in [0.15, 0.2) is 0 Å².